The van der Waals surface area contributed by atoms with Gasteiger partial charge < -0.3 is 5.92 Å². The Kier molecular flexibility index (Phi) is 4.53. The molecule has 1 fully saturated rings. The summed E-state index contributed by atoms with van der Waals surface area (Å²) in [5, 5.41) is 0. The van der Waals surface area contributed by atoms with E-state index in [0.29, 0.717) is 0 Å². The SMILES string of the molecule is C[C-]1CC(C)(C(F)(F)F)C1.[Cl][Zn+]. The van der Waals surface area contributed by atoms with Crippen LogP contribution in [-0.4, -0.2) is 6.18 Å². The van der Waals surface area contributed by atoms with Crippen molar-refractivity contribution in [2.45, 2.75) is 32.9 Å². The van der Waals surface area contributed by atoms with Gasteiger partial charge in [-0.1, -0.05) is 6.92 Å². The zero-order chi connectivity index (χ0) is 9.99. The molecule has 1 rings (SSSR count). The zero-order valence-electron chi connectivity index (χ0n) is 7.13. The first-order valence-electron chi connectivity index (χ1n) is 3.50. The molecule has 0 unspecified atom stereocenters. The maximum atomic E-state index is 12.0. The molecular weight excluding hydrogens is 242 g/mol. The van der Waals surface area contributed by atoms with E-state index in [1.807, 2.05) is 0 Å². The Morgan fingerprint density at radius 2 is 1.67 bits per heavy atom. The van der Waals surface area contributed by atoms with Crippen LogP contribution in [0.2, 0.25) is 0 Å². The van der Waals surface area contributed by atoms with E-state index < -0.39 is 11.6 Å². The Bertz CT molecular complexity index is 140. The molecular formula is C7H10ClF3Zn. The second-order valence-corrected chi connectivity index (χ2v) is 3.37. The molecule has 0 heterocycles. The Morgan fingerprint density at radius 1 is 1.33 bits per heavy atom. The van der Waals surface area contributed by atoms with Crippen molar-refractivity contribution in [1.82, 2.24) is 0 Å². The van der Waals surface area contributed by atoms with Crippen molar-refractivity contribution >= 4 is 9.69 Å². The second kappa shape index (κ2) is 4.28. The summed E-state index contributed by atoms with van der Waals surface area (Å²) in [5.74, 6) is 0.958. The van der Waals surface area contributed by atoms with Crippen molar-refractivity contribution < 1.29 is 30.5 Å². The van der Waals surface area contributed by atoms with Crippen LogP contribution in [0.1, 0.15) is 26.7 Å². The normalized spacial score (nSPS) is 22.3. The first kappa shape index (κ1) is 12.7. The van der Waals surface area contributed by atoms with Gasteiger partial charge in [0.1, 0.15) is 0 Å². The summed E-state index contributed by atoms with van der Waals surface area (Å²) in [6.45, 7) is 3.05. The number of rotatable bonds is 0. The van der Waals surface area contributed by atoms with Crippen LogP contribution in [0.4, 0.5) is 13.2 Å². The van der Waals surface area contributed by atoms with Gasteiger partial charge in [0.2, 0.25) is 0 Å². The fourth-order valence-electron chi connectivity index (χ4n) is 1.48. The van der Waals surface area contributed by atoms with Crippen molar-refractivity contribution in [2.75, 3.05) is 0 Å². The Labute approximate surface area is 84.6 Å². The summed E-state index contributed by atoms with van der Waals surface area (Å²) in [6.07, 6.45) is -3.57. The van der Waals surface area contributed by atoms with Gasteiger partial charge in [-0.05, 0) is 0 Å². The van der Waals surface area contributed by atoms with Gasteiger partial charge in [-0.25, -0.2) is 0 Å². The molecule has 1 aliphatic carbocycles. The van der Waals surface area contributed by atoms with Crippen LogP contribution in [0.25, 0.3) is 0 Å². The first-order valence-corrected chi connectivity index (χ1v) is 7.40. The van der Waals surface area contributed by atoms with Crippen molar-refractivity contribution in [3.8, 4) is 0 Å². The number of hydrogen-bond acceptors (Lipinski definition) is 0. The van der Waals surface area contributed by atoms with E-state index in [1.54, 1.807) is 6.92 Å². The van der Waals surface area contributed by atoms with Crippen molar-refractivity contribution in [1.29, 1.82) is 0 Å². The summed E-state index contributed by atoms with van der Waals surface area (Å²) in [5.41, 5.74) is -1.41. The third-order valence-corrected chi connectivity index (χ3v) is 2.07. The molecule has 0 spiro atoms. The molecule has 68 valence electrons. The number of halogens is 4. The molecule has 0 radical (unpaired) electrons. The van der Waals surface area contributed by atoms with Crippen LogP contribution in [0.5, 0.6) is 0 Å². The Morgan fingerprint density at radius 3 is 1.75 bits per heavy atom. The van der Waals surface area contributed by atoms with Gasteiger partial charge in [-0.2, -0.15) is 32.9 Å². The van der Waals surface area contributed by atoms with Crippen LogP contribution in [0.3, 0.4) is 0 Å². The third kappa shape index (κ3) is 2.60. The molecule has 12 heavy (non-hydrogen) atoms. The van der Waals surface area contributed by atoms with Gasteiger partial charge in [0.25, 0.3) is 0 Å². The molecule has 0 amide bonds. The van der Waals surface area contributed by atoms with Gasteiger partial charge >= 0.3 is 33.2 Å². The predicted octanol–water partition coefficient (Wildman–Crippen LogP) is 3.63. The van der Waals surface area contributed by atoms with E-state index in [1.165, 1.54) is 6.92 Å². The standard InChI is InChI=1S/C7H10F3.ClH.Zn/c1-5-3-6(2,4-5)7(8,9)10;;/h3-4H2,1-2H3;1H;/q-1;;+2/p-1. The molecule has 0 aromatic carbocycles. The molecule has 0 nitrogen and oxygen atoms in total. The molecule has 0 saturated heterocycles. The van der Waals surface area contributed by atoms with E-state index in [2.05, 4.69) is 0 Å². The molecule has 1 saturated carbocycles. The number of hydrogen-bond donors (Lipinski definition) is 0. The van der Waals surface area contributed by atoms with E-state index >= 15 is 0 Å². The quantitative estimate of drug-likeness (QED) is 0.456. The maximum absolute atomic E-state index is 12.0. The molecule has 0 aromatic heterocycles. The van der Waals surface area contributed by atoms with E-state index in [-0.39, 0.29) is 12.8 Å². The Hall–Kier alpha value is 0.703. The van der Waals surface area contributed by atoms with Crippen LogP contribution in [-0.2, 0) is 17.3 Å². The minimum absolute atomic E-state index is 0.219. The minimum atomic E-state index is -4.01. The van der Waals surface area contributed by atoms with E-state index in [9.17, 15) is 13.2 Å². The zero-order valence-corrected chi connectivity index (χ0v) is 10.9. The van der Waals surface area contributed by atoms with Crippen LogP contribution >= 0.6 is 9.69 Å². The van der Waals surface area contributed by atoms with Gasteiger partial charge in [-0.3, -0.25) is 0 Å². The van der Waals surface area contributed by atoms with Crippen molar-refractivity contribution in [2.24, 2.45) is 5.41 Å². The Balaban J connectivity index is 0.000000561. The first-order chi connectivity index (χ1) is 5.35. The third-order valence-electron chi connectivity index (χ3n) is 2.07. The topological polar surface area (TPSA) is 0 Å². The number of alkyl halides is 3. The van der Waals surface area contributed by atoms with Crippen LogP contribution in [0.15, 0.2) is 0 Å². The average molecular weight is 252 g/mol. The summed E-state index contributed by atoms with van der Waals surface area (Å²) in [4.78, 5) is 0. The summed E-state index contributed by atoms with van der Waals surface area (Å²) in [7, 11) is 4.76. The molecule has 0 bridgehead atoms. The molecule has 5 heteroatoms. The van der Waals surface area contributed by atoms with Crippen LogP contribution < -0.4 is 0 Å². The summed E-state index contributed by atoms with van der Waals surface area (Å²) >= 11 is 0.847. The van der Waals surface area contributed by atoms with Crippen molar-refractivity contribution in [3.63, 3.8) is 0 Å². The molecule has 0 atom stereocenters. The fraction of sp³-hybridized carbons (Fsp3) is 0.857. The van der Waals surface area contributed by atoms with E-state index in [0.717, 1.165) is 23.2 Å². The molecule has 0 aromatic rings. The second-order valence-electron chi connectivity index (χ2n) is 3.37. The monoisotopic (exact) mass is 250 g/mol. The van der Waals surface area contributed by atoms with Gasteiger partial charge in [0, 0.05) is 5.41 Å². The summed E-state index contributed by atoms with van der Waals surface area (Å²) < 4.78 is 36.1. The van der Waals surface area contributed by atoms with Crippen molar-refractivity contribution in [3.05, 3.63) is 5.92 Å². The summed E-state index contributed by atoms with van der Waals surface area (Å²) in [6, 6.07) is 0. The van der Waals surface area contributed by atoms with Gasteiger partial charge in [-0.15, -0.1) is 0 Å². The van der Waals surface area contributed by atoms with Crippen LogP contribution in [0, 0.1) is 11.3 Å². The van der Waals surface area contributed by atoms with Gasteiger partial charge in [0.05, 0.1) is 0 Å². The van der Waals surface area contributed by atoms with E-state index in [4.69, 9.17) is 9.69 Å². The molecule has 1 aliphatic rings. The average Bonchev–Trinajstić information content (AvgIpc) is 1.87. The predicted molar refractivity (Wildman–Crippen MR) is 38.2 cm³/mol. The molecule has 0 N–H and O–H groups in total. The van der Waals surface area contributed by atoms with Gasteiger partial charge in [0.15, 0.2) is 0 Å². The molecule has 0 aliphatic heterocycles. The fourth-order valence-corrected chi connectivity index (χ4v) is 1.48.